The van der Waals surface area contributed by atoms with Gasteiger partial charge in [-0.1, -0.05) is 19.9 Å². The molecule has 0 saturated heterocycles. The van der Waals surface area contributed by atoms with Crippen LogP contribution in [0, 0.1) is 5.92 Å². The molecule has 2 heterocycles. The highest BCUT2D eigenvalue weighted by Gasteiger charge is 2.25. The molecule has 1 amide bonds. The van der Waals surface area contributed by atoms with Crippen molar-refractivity contribution in [2.75, 3.05) is 5.32 Å². The van der Waals surface area contributed by atoms with Crippen LogP contribution in [-0.4, -0.2) is 23.6 Å². The fourth-order valence-electron chi connectivity index (χ4n) is 2.63. The zero-order valence-electron chi connectivity index (χ0n) is 16.3. The van der Waals surface area contributed by atoms with Crippen molar-refractivity contribution in [3.8, 4) is 0 Å². The van der Waals surface area contributed by atoms with E-state index in [2.05, 4.69) is 10.3 Å². The Kier molecular flexibility index (Phi) is 6.79. The number of thiophene rings is 1. The molecule has 0 fully saturated rings. The molecule has 1 aromatic carbocycles. The third kappa shape index (κ3) is 5.50. The number of hydrogen-bond acceptors (Lipinski definition) is 5. The normalized spacial score (nSPS) is 11.7. The maximum Gasteiger partial charge on any atom is 0.243 e. The monoisotopic (exact) mass is 429 g/mol. The van der Waals surface area contributed by atoms with Crippen LogP contribution in [0.3, 0.4) is 0 Å². The molecule has 0 aliphatic carbocycles. The molecule has 0 bridgehead atoms. The molecule has 8 heteroatoms. The first-order chi connectivity index (χ1) is 13.9. The van der Waals surface area contributed by atoms with Crippen LogP contribution in [0.15, 0.2) is 70.4 Å². The van der Waals surface area contributed by atoms with Crippen LogP contribution in [0.1, 0.15) is 25.1 Å². The van der Waals surface area contributed by atoms with Crippen molar-refractivity contribution in [2.45, 2.75) is 31.8 Å². The van der Waals surface area contributed by atoms with Gasteiger partial charge in [0.1, 0.15) is 0 Å². The fourth-order valence-corrected chi connectivity index (χ4v) is 4.69. The number of sulfonamides is 1. The maximum atomic E-state index is 13.3. The lowest BCUT2D eigenvalue weighted by atomic mass is 10.2. The van der Waals surface area contributed by atoms with Crippen LogP contribution in [0.5, 0.6) is 0 Å². The predicted octanol–water partition coefficient (Wildman–Crippen LogP) is 4.13. The average molecular weight is 430 g/mol. The molecule has 0 aliphatic heterocycles. The van der Waals surface area contributed by atoms with Crippen molar-refractivity contribution >= 4 is 33.0 Å². The minimum Gasteiger partial charge on any atom is -0.326 e. The summed E-state index contributed by atoms with van der Waals surface area (Å²) in [6.07, 6.45) is 1.65. The first kappa shape index (κ1) is 21.2. The van der Waals surface area contributed by atoms with Crippen molar-refractivity contribution in [1.82, 2.24) is 9.29 Å². The molecule has 3 aromatic rings. The van der Waals surface area contributed by atoms with Gasteiger partial charge in [0.15, 0.2) is 0 Å². The van der Waals surface area contributed by atoms with E-state index in [4.69, 9.17) is 0 Å². The van der Waals surface area contributed by atoms with Crippen molar-refractivity contribution in [3.63, 3.8) is 0 Å². The van der Waals surface area contributed by atoms with Gasteiger partial charge in [-0.15, -0.1) is 0 Å². The van der Waals surface area contributed by atoms with E-state index in [1.807, 2.05) is 22.9 Å². The number of amides is 1. The molecule has 0 spiro atoms. The zero-order chi connectivity index (χ0) is 20.9. The van der Waals surface area contributed by atoms with Crippen LogP contribution in [0.25, 0.3) is 0 Å². The van der Waals surface area contributed by atoms with E-state index in [1.165, 1.54) is 27.8 Å². The van der Waals surface area contributed by atoms with Gasteiger partial charge in [0.05, 0.1) is 17.1 Å². The molecule has 0 unspecified atom stereocenters. The number of nitrogens with one attached hydrogen (secondary N) is 1. The van der Waals surface area contributed by atoms with E-state index in [1.54, 1.807) is 44.3 Å². The van der Waals surface area contributed by atoms with Gasteiger partial charge in [-0.25, -0.2) is 8.42 Å². The van der Waals surface area contributed by atoms with Crippen LogP contribution in [0.2, 0.25) is 0 Å². The van der Waals surface area contributed by atoms with E-state index in [0.29, 0.717) is 11.4 Å². The Labute approximate surface area is 175 Å². The topological polar surface area (TPSA) is 79.4 Å². The number of hydrogen-bond donors (Lipinski definition) is 1. The molecule has 0 saturated carbocycles. The van der Waals surface area contributed by atoms with Crippen molar-refractivity contribution in [1.29, 1.82) is 0 Å². The van der Waals surface area contributed by atoms with Crippen LogP contribution < -0.4 is 5.32 Å². The summed E-state index contributed by atoms with van der Waals surface area (Å²) in [6.45, 7) is 4.03. The lowest BCUT2D eigenvalue weighted by Crippen LogP contribution is -2.30. The molecule has 0 radical (unpaired) electrons. The molecule has 6 nitrogen and oxygen atoms in total. The second-order valence-electron chi connectivity index (χ2n) is 6.89. The number of rotatable bonds is 8. The van der Waals surface area contributed by atoms with Gasteiger partial charge in [-0.2, -0.15) is 15.6 Å². The highest BCUT2D eigenvalue weighted by Crippen LogP contribution is 2.23. The van der Waals surface area contributed by atoms with Gasteiger partial charge in [-0.05, 0) is 58.8 Å². The Morgan fingerprint density at radius 1 is 1.10 bits per heavy atom. The molecule has 3 rings (SSSR count). The van der Waals surface area contributed by atoms with Crippen molar-refractivity contribution < 1.29 is 13.2 Å². The SMILES string of the molecule is CC(C)C(=O)Nc1ccc(S(=O)(=O)N(Cc2ccsc2)Cc2ccccn2)cc1. The van der Waals surface area contributed by atoms with Crippen LogP contribution in [-0.2, 0) is 27.9 Å². The molecule has 152 valence electrons. The summed E-state index contributed by atoms with van der Waals surface area (Å²) in [4.78, 5) is 16.3. The molecular weight excluding hydrogens is 406 g/mol. The summed E-state index contributed by atoms with van der Waals surface area (Å²) in [5, 5.41) is 6.63. The molecular formula is C21H23N3O3S2. The summed E-state index contributed by atoms with van der Waals surface area (Å²) >= 11 is 1.53. The lowest BCUT2D eigenvalue weighted by molar-refractivity contribution is -0.118. The number of carbonyl (C=O) groups excluding carboxylic acids is 1. The van der Waals surface area contributed by atoms with Gasteiger partial charge >= 0.3 is 0 Å². The number of pyridine rings is 1. The van der Waals surface area contributed by atoms with E-state index < -0.39 is 10.0 Å². The molecule has 2 aromatic heterocycles. The summed E-state index contributed by atoms with van der Waals surface area (Å²) in [6, 6.07) is 13.6. The number of aromatic nitrogens is 1. The van der Waals surface area contributed by atoms with Gasteiger partial charge in [0, 0.05) is 24.3 Å². The minimum absolute atomic E-state index is 0.116. The van der Waals surface area contributed by atoms with Gasteiger partial charge < -0.3 is 5.32 Å². The summed E-state index contributed by atoms with van der Waals surface area (Å²) < 4.78 is 28.1. The minimum atomic E-state index is -3.75. The van der Waals surface area contributed by atoms with Gasteiger partial charge in [0.2, 0.25) is 15.9 Å². The Hall–Kier alpha value is -2.55. The molecule has 0 aliphatic rings. The van der Waals surface area contributed by atoms with E-state index in [-0.39, 0.29) is 29.8 Å². The Balaban J connectivity index is 1.86. The Morgan fingerprint density at radius 3 is 2.45 bits per heavy atom. The first-order valence-electron chi connectivity index (χ1n) is 9.18. The van der Waals surface area contributed by atoms with Crippen molar-refractivity contribution in [2.24, 2.45) is 5.92 Å². The third-order valence-electron chi connectivity index (χ3n) is 4.29. The van der Waals surface area contributed by atoms with E-state index >= 15 is 0 Å². The zero-order valence-corrected chi connectivity index (χ0v) is 17.9. The molecule has 0 atom stereocenters. The lowest BCUT2D eigenvalue weighted by Gasteiger charge is -2.22. The highest BCUT2D eigenvalue weighted by molar-refractivity contribution is 7.89. The van der Waals surface area contributed by atoms with E-state index in [9.17, 15) is 13.2 Å². The van der Waals surface area contributed by atoms with Gasteiger partial charge in [-0.3, -0.25) is 9.78 Å². The number of anilines is 1. The smallest absolute Gasteiger partial charge is 0.243 e. The highest BCUT2D eigenvalue weighted by atomic mass is 32.2. The van der Waals surface area contributed by atoms with Crippen LogP contribution >= 0.6 is 11.3 Å². The number of benzene rings is 1. The molecule has 1 N–H and O–H groups in total. The first-order valence-corrected chi connectivity index (χ1v) is 11.6. The van der Waals surface area contributed by atoms with Crippen LogP contribution in [0.4, 0.5) is 5.69 Å². The van der Waals surface area contributed by atoms with Crippen molar-refractivity contribution in [3.05, 3.63) is 76.7 Å². The summed E-state index contributed by atoms with van der Waals surface area (Å²) in [5.41, 5.74) is 2.17. The summed E-state index contributed by atoms with van der Waals surface area (Å²) in [5.74, 6) is -0.271. The third-order valence-corrected chi connectivity index (χ3v) is 6.83. The average Bonchev–Trinajstić information content (AvgIpc) is 3.22. The number of nitrogens with zero attached hydrogens (tertiary/aromatic N) is 2. The Morgan fingerprint density at radius 2 is 1.86 bits per heavy atom. The Bertz CT molecular complexity index is 1030. The standard InChI is InChI=1S/C21H23N3O3S2/c1-16(2)21(25)23-18-6-8-20(9-7-18)29(26,27)24(13-17-10-12-28-15-17)14-19-5-3-4-11-22-19/h3-12,15-16H,13-14H2,1-2H3,(H,23,25). The largest absolute Gasteiger partial charge is 0.326 e. The van der Waals surface area contributed by atoms with E-state index in [0.717, 1.165) is 5.56 Å². The quantitative estimate of drug-likeness (QED) is 0.584. The van der Waals surface area contributed by atoms with Gasteiger partial charge in [0.25, 0.3) is 0 Å². The second-order valence-corrected chi connectivity index (χ2v) is 9.61. The second kappa shape index (κ2) is 9.30. The summed E-state index contributed by atoms with van der Waals surface area (Å²) in [7, 11) is -3.75. The predicted molar refractivity (Wildman–Crippen MR) is 115 cm³/mol. The molecule has 29 heavy (non-hydrogen) atoms. The fraction of sp³-hybridized carbons (Fsp3) is 0.238. The number of carbonyl (C=O) groups is 1. The maximum absolute atomic E-state index is 13.3.